The molecule has 1 amide bonds. The van der Waals surface area contributed by atoms with E-state index in [0.717, 1.165) is 0 Å². The van der Waals surface area contributed by atoms with E-state index in [0.29, 0.717) is 24.3 Å². The first kappa shape index (κ1) is 16.3. The number of nitrogens with zero attached hydrogens (tertiary/aromatic N) is 1. The summed E-state index contributed by atoms with van der Waals surface area (Å²) in [5, 5.41) is 3.02. The van der Waals surface area contributed by atoms with Gasteiger partial charge in [-0.3, -0.25) is 4.79 Å². The van der Waals surface area contributed by atoms with E-state index in [1.54, 1.807) is 29.2 Å². The third-order valence-electron chi connectivity index (χ3n) is 3.53. The molecule has 1 aromatic rings. The second-order valence-corrected chi connectivity index (χ2v) is 5.45. The molecule has 0 saturated carbocycles. The summed E-state index contributed by atoms with van der Waals surface area (Å²) in [6, 6.07) is 6.98. The molecule has 0 aliphatic carbocycles. The van der Waals surface area contributed by atoms with E-state index in [-0.39, 0.29) is 24.7 Å². The Labute approximate surface area is 130 Å². The van der Waals surface area contributed by atoms with Gasteiger partial charge < -0.3 is 19.7 Å². The zero-order valence-electron chi connectivity index (χ0n) is 13.2. The number of carbonyl (C=O) groups is 2. The first-order chi connectivity index (χ1) is 10.5. The number of nitrogens with one attached hydrogen (secondary N) is 1. The molecule has 0 spiro atoms. The van der Waals surface area contributed by atoms with Crippen LogP contribution in [-0.2, 0) is 14.3 Å². The highest BCUT2D eigenvalue weighted by molar-refractivity contribution is 5.96. The molecule has 1 saturated heterocycles. The van der Waals surface area contributed by atoms with Crippen LogP contribution in [0.15, 0.2) is 24.3 Å². The first-order valence-electron chi connectivity index (χ1n) is 7.35. The molecule has 1 aliphatic rings. The zero-order valence-corrected chi connectivity index (χ0v) is 13.2. The number of benzene rings is 1. The van der Waals surface area contributed by atoms with Crippen LogP contribution in [0.25, 0.3) is 0 Å². The summed E-state index contributed by atoms with van der Waals surface area (Å²) < 4.78 is 10.4. The number of hydrogen-bond donors (Lipinski definition) is 1. The molecule has 0 aromatic heterocycles. The van der Waals surface area contributed by atoms with Gasteiger partial charge in [0.15, 0.2) is 0 Å². The second kappa shape index (κ2) is 7.26. The van der Waals surface area contributed by atoms with Crippen LogP contribution in [0.4, 0.5) is 5.69 Å². The Morgan fingerprint density at radius 3 is 2.55 bits per heavy atom. The van der Waals surface area contributed by atoms with Gasteiger partial charge in [-0.15, -0.1) is 0 Å². The van der Waals surface area contributed by atoms with Crippen molar-refractivity contribution < 1.29 is 19.1 Å². The van der Waals surface area contributed by atoms with Crippen LogP contribution < -0.4 is 5.32 Å². The van der Waals surface area contributed by atoms with Gasteiger partial charge in [0.25, 0.3) is 0 Å². The van der Waals surface area contributed by atoms with E-state index >= 15 is 0 Å². The standard InChI is InChI=1S/C16H22N2O4/c1-11-9-18(10-12(2)22-11)15(19)8-17-14-7-5-4-6-13(14)16(20)21-3/h4-7,11-12,17H,8-10H2,1-3H3. The summed E-state index contributed by atoms with van der Waals surface area (Å²) >= 11 is 0. The molecule has 2 unspecified atom stereocenters. The Kier molecular flexibility index (Phi) is 5.38. The lowest BCUT2D eigenvalue weighted by Crippen LogP contribution is -2.49. The number of para-hydroxylation sites is 1. The largest absolute Gasteiger partial charge is 0.465 e. The van der Waals surface area contributed by atoms with Gasteiger partial charge >= 0.3 is 5.97 Å². The molecule has 2 rings (SSSR count). The lowest BCUT2D eigenvalue weighted by molar-refractivity contribution is -0.141. The molecule has 22 heavy (non-hydrogen) atoms. The molecule has 120 valence electrons. The average molecular weight is 306 g/mol. The summed E-state index contributed by atoms with van der Waals surface area (Å²) in [6.07, 6.45) is 0.0742. The van der Waals surface area contributed by atoms with Crippen LogP contribution in [0.2, 0.25) is 0 Å². The summed E-state index contributed by atoms with van der Waals surface area (Å²) in [5.74, 6) is -0.439. The predicted octanol–water partition coefficient (Wildman–Crippen LogP) is 1.52. The molecule has 2 atom stereocenters. The van der Waals surface area contributed by atoms with Gasteiger partial charge in [0.05, 0.1) is 31.4 Å². The fourth-order valence-electron chi connectivity index (χ4n) is 2.59. The smallest absolute Gasteiger partial charge is 0.339 e. The van der Waals surface area contributed by atoms with Gasteiger partial charge in [-0.25, -0.2) is 4.79 Å². The molecule has 0 bridgehead atoms. The number of ether oxygens (including phenoxy) is 2. The SMILES string of the molecule is COC(=O)c1ccccc1NCC(=O)N1CC(C)OC(C)C1. The number of methoxy groups -OCH3 is 1. The Balaban J connectivity index is 1.98. The molecule has 1 aliphatic heterocycles. The molecule has 1 N–H and O–H groups in total. The predicted molar refractivity (Wildman–Crippen MR) is 82.9 cm³/mol. The number of anilines is 1. The molecule has 6 heteroatoms. The van der Waals surface area contributed by atoms with Crippen molar-refractivity contribution in [2.45, 2.75) is 26.1 Å². The number of hydrogen-bond acceptors (Lipinski definition) is 5. The first-order valence-corrected chi connectivity index (χ1v) is 7.35. The Hall–Kier alpha value is -2.08. The van der Waals surface area contributed by atoms with Gasteiger partial charge in [0.1, 0.15) is 0 Å². The molecular weight excluding hydrogens is 284 g/mol. The van der Waals surface area contributed by atoms with Crippen molar-refractivity contribution in [2.24, 2.45) is 0 Å². The third-order valence-corrected chi connectivity index (χ3v) is 3.53. The number of rotatable bonds is 4. The van der Waals surface area contributed by atoms with Gasteiger partial charge in [-0.2, -0.15) is 0 Å². The maximum absolute atomic E-state index is 12.3. The second-order valence-electron chi connectivity index (χ2n) is 5.45. The molecule has 1 heterocycles. The van der Waals surface area contributed by atoms with Crippen molar-refractivity contribution in [3.05, 3.63) is 29.8 Å². The van der Waals surface area contributed by atoms with Crippen molar-refractivity contribution in [1.82, 2.24) is 4.90 Å². The fraction of sp³-hybridized carbons (Fsp3) is 0.500. The number of esters is 1. The molecular formula is C16H22N2O4. The van der Waals surface area contributed by atoms with Crippen LogP contribution in [0, 0.1) is 0 Å². The zero-order chi connectivity index (χ0) is 16.1. The van der Waals surface area contributed by atoms with Gasteiger partial charge in [0.2, 0.25) is 5.91 Å². The molecule has 0 radical (unpaired) electrons. The van der Waals surface area contributed by atoms with E-state index in [1.165, 1.54) is 7.11 Å². The fourth-order valence-corrected chi connectivity index (χ4v) is 2.59. The van der Waals surface area contributed by atoms with Crippen molar-refractivity contribution in [1.29, 1.82) is 0 Å². The lowest BCUT2D eigenvalue weighted by atomic mass is 10.1. The van der Waals surface area contributed by atoms with Crippen LogP contribution in [0.5, 0.6) is 0 Å². The highest BCUT2D eigenvalue weighted by Crippen LogP contribution is 2.16. The van der Waals surface area contributed by atoms with Crippen molar-refractivity contribution in [3.8, 4) is 0 Å². The Morgan fingerprint density at radius 1 is 1.27 bits per heavy atom. The average Bonchev–Trinajstić information content (AvgIpc) is 2.51. The lowest BCUT2D eigenvalue weighted by Gasteiger charge is -2.35. The van der Waals surface area contributed by atoms with Crippen LogP contribution in [-0.4, -0.2) is 55.7 Å². The quantitative estimate of drug-likeness (QED) is 0.854. The summed E-state index contributed by atoms with van der Waals surface area (Å²) in [4.78, 5) is 25.8. The highest BCUT2D eigenvalue weighted by Gasteiger charge is 2.25. The van der Waals surface area contributed by atoms with E-state index in [1.807, 2.05) is 13.8 Å². The summed E-state index contributed by atoms with van der Waals surface area (Å²) in [7, 11) is 1.33. The van der Waals surface area contributed by atoms with E-state index in [9.17, 15) is 9.59 Å². The van der Waals surface area contributed by atoms with Crippen LogP contribution in [0.1, 0.15) is 24.2 Å². The topological polar surface area (TPSA) is 67.9 Å². The molecule has 1 fully saturated rings. The minimum Gasteiger partial charge on any atom is -0.465 e. The van der Waals surface area contributed by atoms with Gasteiger partial charge in [-0.05, 0) is 26.0 Å². The number of amides is 1. The van der Waals surface area contributed by atoms with Crippen molar-refractivity contribution in [3.63, 3.8) is 0 Å². The summed E-state index contributed by atoms with van der Waals surface area (Å²) in [6.45, 7) is 5.21. The van der Waals surface area contributed by atoms with E-state index in [4.69, 9.17) is 9.47 Å². The van der Waals surface area contributed by atoms with Crippen molar-refractivity contribution >= 4 is 17.6 Å². The minimum atomic E-state index is -0.427. The Bertz CT molecular complexity index is 537. The maximum Gasteiger partial charge on any atom is 0.339 e. The maximum atomic E-state index is 12.3. The van der Waals surface area contributed by atoms with E-state index < -0.39 is 5.97 Å². The normalized spacial score (nSPS) is 21.3. The van der Waals surface area contributed by atoms with Crippen molar-refractivity contribution in [2.75, 3.05) is 32.1 Å². The molecule has 1 aromatic carbocycles. The van der Waals surface area contributed by atoms with Crippen LogP contribution in [0.3, 0.4) is 0 Å². The number of carbonyl (C=O) groups excluding carboxylic acids is 2. The van der Waals surface area contributed by atoms with Crippen LogP contribution >= 0.6 is 0 Å². The number of morpholine rings is 1. The van der Waals surface area contributed by atoms with Gasteiger partial charge in [-0.1, -0.05) is 12.1 Å². The molecule has 6 nitrogen and oxygen atoms in total. The van der Waals surface area contributed by atoms with Gasteiger partial charge in [0, 0.05) is 18.8 Å². The van der Waals surface area contributed by atoms with E-state index in [2.05, 4.69) is 5.32 Å². The minimum absolute atomic E-state index is 0.0123. The summed E-state index contributed by atoms with van der Waals surface area (Å²) in [5.41, 5.74) is 1.01. The third kappa shape index (κ3) is 3.98. The Morgan fingerprint density at radius 2 is 1.91 bits per heavy atom. The highest BCUT2D eigenvalue weighted by atomic mass is 16.5. The monoisotopic (exact) mass is 306 g/mol.